The van der Waals surface area contributed by atoms with Crippen LogP contribution in [0.2, 0.25) is 0 Å². The van der Waals surface area contributed by atoms with Crippen molar-refractivity contribution in [3.8, 4) is 0 Å². The Bertz CT molecular complexity index is 596. The first-order valence-electron chi connectivity index (χ1n) is 6.40. The van der Waals surface area contributed by atoms with Crippen LogP contribution in [0.3, 0.4) is 0 Å². The van der Waals surface area contributed by atoms with Crippen LogP contribution in [0.4, 0.5) is 11.5 Å². The number of rotatable bonds is 3. The number of aromatic amines is 1. The van der Waals surface area contributed by atoms with Crippen molar-refractivity contribution in [1.29, 1.82) is 0 Å². The Morgan fingerprint density at radius 2 is 2.00 bits per heavy atom. The summed E-state index contributed by atoms with van der Waals surface area (Å²) < 4.78 is 1.31. The average molecular weight is 268 g/mol. The second-order valence-corrected chi connectivity index (χ2v) is 5.35. The van der Waals surface area contributed by atoms with Gasteiger partial charge < -0.3 is 15.7 Å². The van der Waals surface area contributed by atoms with E-state index in [2.05, 4.69) is 4.98 Å². The molecule has 0 bridgehead atoms. The van der Waals surface area contributed by atoms with Gasteiger partial charge in [0, 0.05) is 19.6 Å². The molecule has 0 spiro atoms. The highest BCUT2D eigenvalue weighted by Crippen LogP contribution is 2.33. The SMILES string of the molecule is CCn1c(N)c(N2CC(O)(C(C)C)C2)c(=O)[nH]c1=O. The molecule has 106 valence electrons. The number of nitrogen functional groups attached to an aromatic ring is 1. The highest BCUT2D eigenvalue weighted by atomic mass is 16.3. The third-order valence-corrected chi connectivity index (χ3v) is 3.85. The molecule has 7 heteroatoms. The Balaban J connectivity index is 2.39. The molecule has 2 heterocycles. The predicted octanol–water partition coefficient (Wildman–Crippen LogP) is -0.654. The minimum atomic E-state index is -0.800. The highest BCUT2D eigenvalue weighted by molar-refractivity contribution is 5.64. The van der Waals surface area contributed by atoms with Crippen LogP contribution in [-0.2, 0) is 6.54 Å². The fraction of sp³-hybridized carbons (Fsp3) is 0.667. The molecule has 1 aromatic heterocycles. The molecule has 1 aliphatic heterocycles. The number of nitrogens with two attached hydrogens (primary N) is 1. The number of β-amino-alcohol motifs (C(OH)–C–C–N with tert-alkyl or cyclic N) is 1. The number of hydrogen-bond donors (Lipinski definition) is 3. The zero-order valence-electron chi connectivity index (χ0n) is 11.4. The van der Waals surface area contributed by atoms with Gasteiger partial charge in [0.15, 0.2) is 0 Å². The largest absolute Gasteiger partial charge is 0.386 e. The third kappa shape index (κ3) is 2.03. The zero-order valence-corrected chi connectivity index (χ0v) is 11.4. The number of aliphatic hydroxyl groups is 1. The zero-order chi connectivity index (χ0) is 14.4. The van der Waals surface area contributed by atoms with Gasteiger partial charge in [0.1, 0.15) is 17.1 Å². The van der Waals surface area contributed by atoms with Gasteiger partial charge in [0.25, 0.3) is 5.56 Å². The van der Waals surface area contributed by atoms with Crippen LogP contribution in [0, 0.1) is 5.92 Å². The summed E-state index contributed by atoms with van der Waals surface area (Å²) in [4.78, 5) is 27.4. The van der Waals surface area contributed by atoms with Gasteiger partial charge in [0.05, 0.1) is 0 Å². The van der Waals surface area contributed by atoms with Crippen LogP contribution < -0.4 is 21.9 Å². The van der Waals surface area contributed by atoms with Crippen molar-refractivity contribution < 1.29 is 5.11 Å². The number of hydrogen-bond acceptors (Lipinski definition) is 5. The quantitative estimate of drug-likeness (QED) is 0.675. The molecule has 7 nitrogen and oxygen atoms in total. The van der Waals surface area contributed by atoms with Crippen LogP contribution in [0.5, 0.6) is 0 Å². The summed E-state index contributed by atoms with van der Waals surface area (Å²) >= 11 is 0. The number of anilines is 2. The van der Waals surface area contributed by atoms with E-state index in [1.165, 1.54) is 4.57 Å². The van der Waals surface area contributed by atoms with E-state index in [-0.39, 0.29) is 17.4 Å². The second-order valence-electron chi connectivity index (χ2n) is 5.35. The molecular weight excluding hydrogens is 248 g/mol. The molecule has 0 unspecified atom stereocenters. The summed E-state index contributed by atoms with van der Waals surface area (Å²) in [6, 6.07) is 0. The Morgan fingerprint density at radius 1 is 1.42 bits per heavy atom. The van der Waals surface area contributed by atoms with Crippen molar-refractivity contribution in [1.82, 2.24) is 9.55 Å². The predicted molar refractivity (Wildman–Crippen MR) is 73.4 cm³/mol. The van der Waals surface area contributed by atoms with E-state index in [4.69, 9.17) is 5.73 Å². The molecule has 4 N–H and O–H groups in total. The molecule has 1 fully saturated rings. The van der Waals surface area contributed by atoms with Gasteiger partial charge in [-0.15, -0.1) is 0 Å². The van der Waals surface area contributed by atoms with Crippen molar-refractivity contribution in [3.63, 3.8) is 0 Å². The fourth-order valence-electron chi connectivity index (χ4n) is 2.33. The Hall–Kier alpha value is -1.76. The van der Waals surface area contributed by atoms with Crippen molar-refractivity contribution in [2.45, 2.75) is 32.9 Å². The number of H-pyrrole nitrogens is 1. The summed E-state index contributed by atoms with van der Waals surface area (Å²) in [5.74, 6) is 0.253. The van der Waals surface area contributed by atoms with E-state index in [1.807, 2.05) is 13.8 Å². The van der Waals surface area contributed by atoms with Gasteiger partial charge in [0.2, 0.25) is 0 Å². The Kier molecular flexibility index (Phi) is 3.17. The molecule has 19 heavy (non-hydrogen) atoms. The van der Waals surface area contributed by atoms with E-state index in [0.717, 1.165) is 0 Å². The minimum Gasteiger partial charge on any atom is -0.386 e. The molecular formula is C12H20N4O3. The van der Waals surface area contributed by atoms with Crippen molar-refractivity contribution >= 4 is 11.5 Å². The lowest BCUT2D eigenvalue weighted by molar-refractivity contribution is -0.0301. The summed E-state index contributed by atoms with van der Waals surface area (Å²) in [6.45, 7) is 6.71. The Morgan fingerprint density at radius 3 is 2.47 bits per heavy atom. The molecule has 0 saturated carbocycles. The lowest BCUT2D eigenvalue weighted by Crippen LogP contribution is -2.66. The van der Waals surface area contributed by atoms with Gasteiger partial charge in [-0.05, 0) is 12.8 Å². The molecule has 0 radical (unpaired) electrons. The van der Waals surface area contributed by atoms with Crippen molar-refractivity contribution in [2.75, 3.05) is 23.7 Å². The van der Waals surface area contributed by atoms with E-state index in [1.54, 1.807) is 11.8 Å². The molecule has 0 amide bonds. The van der Waals surface area contributed by atoms with Gasteiger partial charge in [-0.25, -0.2) is 4.79 Å². The van der Waals surface area contributed by atoms with Crippen LogP contribution in [0.25, 0.3) is 0 Å². The smallest absolute Gasteiger partial charge is 0.330 e. The van der Waals surface area contributed by atoms with Gasteiger partial charge >= 0.3 is 5.69 Å². The van der Waals surface area contributed by atoms with Crippen LogP contribution in [-0.4, -0.2) is 33.3 Å². The lowest BCUT2D eigenvalue weighted by Gasteiger charge is -2.50. The molecule has 1 saturated heterocycles. The number of nitrogens with one attached hydrogen (secondary N) is 1. The normalized spacial score (nSPS) is 17.6. The monoisotopic (exact) mass is 268 g/mol. The second kappa shape index (κ2) is 4.41. The summed E-state index contributed by atoms with van der Waals surface area (Å²) in [6.07, 6.45) is 0. The molecule has 0 atom stereocenters. The molecule has 1 aliphatic rings. The number of nitrogens with zero attached hydrogens (tertiary/aromatic N) is 2. The number of aromatic nitrogens is 2. The molecule has 2 rings (SSSR count). The first kappa shape index (κ1) is 13.7. The van der Waals surface area contributed by atoms with Crippen LogP contribution in [0.15, 0.2) is 9.59 Å². The van der Waals surface area contributed by atoms with Crippen LogP contribution in [0.1, 0.15) is 20.8 Å². The third-order valence-electron chi connectivity index (χ3n) is 3.85. The van der Waals surface area contributed by atoms with E-state index in [0.29, 0.717) is 19.6 Å². The molecule has 0 aromatic carbocycles. The maximum absolute atomic E-state index is 11.9. The maximum atomic E-state index is 11.9. The van der Waals surface area contributed by atoms with Gasteiger partial charge in [-0.2, -0.15) is 0 Å². The summed E-state index contributed by atoms with van der Waals surface area (Å²) in [7, 11) is 0. The standard InChI is InChI=1S/C12H20N4O3/c1-4-16-9(13)8(10(17)14-11(16)18)15-5-12(19,6-15)7(2)3/h7,19H,4-6,13H2,1-3H3,(H,14,17,18). The van der Waals surface area contributed by atoms with E-state index >= 15 is 0 Å². The van der Waals surface area contributed by atoms with Crippen molar-refractivity contribution in [2.24, 2.45) is 5.92 Å². The summed E-state index contributed by atoms with van der Waals surface area (Å²) in [5, 5.41) is 10.2. The van der Waals surface area contributed by atoms with Gasteiger partial charge in [-0.1, -0.05) is 13.8 Å². The molecule has 0 aliphatic carbocycles. The molecule has 1 aromatic rings. The van der Waals surface area contributed by atoms with Crippen LogP contribution >= 0.6 is 0 Å². The topological polar surface area (TPSA) is 104 Å². The lowest BCUT2D eigenvalue weighted by atomic mass is 9.83. The highest BCUT2D eigenvalue weighted by Gasteiger charge is 2.45. The first-order valence-corrected chi connectivity index (χ1v) is 6.40. The maximum Gasteiger partial charge on any atom is 0.330 e. The average Bonchev–Trinajstić information content (AvgIpc) is 2.25. The Labute approximate surface area is 110 Å². The fourth-order valence-corrected chi connectivity index (χ4v) is 2.33. The van der Waals surface area contributed by atoms with Crippen molar-refractivity contribution in [3.05, 3.63) is 20.8 Å². The minimum absolute atomic E-state index is 0.0983. The summed E-state index contributed by atoms with van der Waals surface area (Å²) in [5.41, 5.74) is 4.35. The van der Waals surface area contributed by atoms with Gasteiger partial charge in [-0.3, -0.25) is 14.3 Å². The van der Waals surface area contributed by atoms with E-state index < -0.39 is 16.9 Å². The van der Waals surface area contributed by atoms with E-state index in [9.17, 15) is 14.7 Å². The first-order chi connectivity index (χ1) is 8.80.